The zero-order chi connectivity index (χ0) is 16.1. The minimum atomic E-state index is -0.276. The molecule has 0 saturated carbocycles. The Bertz CT molecular complexity index is 562. The van der Waals surface area contributed by atoms with E-state index < -0.39 is 0 Å². The molecule has 0 radical (unpaired) electrons. The molecule has 2 rings (SSSR count). The van der Waals surface area contributed by atoms with Crippen LogP contribution in [-0.2, 0) is 14.4 Å². The average molecular weight is 304 g/mol. The molecule has 1 saturated heterocycles. The highest BCUT2D eigenvalue weighted by atomic mass is 16.5. The predicted octanol–water partition coefficient (Wildman–Crippen LogP) is 0.947. The Hall–Kier alpha value is -2.37. The Morgan fingerprint density at radius 2 is 1.77 bits per heavy atom. The van der Waals surface area contributed by atoms with E-state index in [-0.39, 0.29) is 50.3 Å². The molecule has 1 aliphatic rings. The Labute approximate surface area is 129 Å². The van der Waals surface area contributed by atoms with Crippen LogP contribution < -0.4 is 10.1 Å². The van der Waals surface area contributed by atoms with Crippen molar-refractivity contribution < 1.29 is 19.1 Å². The van der Waals surface area contributed by atoms with Crippen molar-refractivity contribution in [1.82, 2.24) is 10.2 Å². The van der Waals surface area contributed by atoms with Crippen molar-refractivity contribution in [3.05, 3.63) is 29.3 Å². The number of para-hydroxylation sites is 1. The predicted molar refractivity (Wildman–Crippen MR) is 80.4 cm³/mol. The van der Waals surface area contributed by atoms with E-state index in [2.05, 4.69) is 5.32 Å². The van der Waals surface area contributed by atoms with Gasteiger partial charge in [-0.1, -0.05) is 18.2 Å². The van der Waals surface area contributed by atoms with Crippen molar-refractivity contribution in [2.75, 3.05) is 19.7 Å². The minimum Gasteiger partial charge on any atom is -0.483 e. The lowest BCUT2D eigenvalue weighted by Gasteiger charge is -2.15. The number of aryl methyl sites for hydroxylation is 2. The second-order valence-corrected chi connectivity index (χ2v) is 5.30. The van der Waals surface area contributed by atoms with Crippen LogP contribution in [0.4, 0.5) is 0 Å². The van der Waals surface area contributed by atoms with Gasteiger partial charge in [-0.3, -0.25) is 19.3 Å². The molecule has 6 nitrogen and oxygen atoms in total. The van der Waals surface area contributed by atoms with Crippen LogP contribution >= 0.6 is 0 Å². The summed E-state index contributed by atoms with van der Waals surface area (Å²) in [6.07, 6.45) is 0.533. The third kappa shape index (κ3) is 3.84. The van der Waals surface area contributed by atoms with Crippen molar-refractivity contribution in [3.8, 4) is 5.75 Å². The van der Waals surface area contributed by atoms with Crippen LogP contribution in [0.25, 0.3) is 0 Å². The van der Waals surface area contributed by atoms with Crippen molar-refractivity contribution >= 4 is 17.7 Å². The van der Waals surface area contributed by atoms with Gasteiger partial charge in [0.15, 0.2) is 6.61 Å². The molecule has 22 heavy (non-hydrogen) atoms. The van der Waals surface area contributed by atoms with Gasteiger partial charge in [0.1, 0.15) is 5.75 Å². The monoisotopic (exact) mass is 304 g/mol. The molecule has 3 amide bonds. The van der Waals surface area contributed by atoms with Crippen LogP contribution in [0.3, 0.4) is 0 Å². The second-order valence-electron chi connectivity index (χ2n) is 5.30. The molecule has 0 aliphatic carbocycles. The number of imide groups is 1. The zero-order valence-corrected chi connectivity index (χ0v) is 12.8. The molecule has 6 heteroatoms. The first-order valence-corrected chi connectivity index (χ1v) is 7.28. The van der Waals surface area contributed by atoms with Gasteiger partial charge in [0.2, 0.25) is 11.8 Å². The van der Waals surface area contributed by atoms with Gasteiger partial charge in [0, 0.05) is 25.9 Å². The molecule has 1 aromatic carbocycles. The quantitative estimate of drug-likeness (QED) is 0.794. The van der Waals surface area contributed by atoms with Crippen LogP contribution in [0, 0.1) is 13.8 Å². The van der Waals surface area contributed by atoms with E-state index in [1.54, 1.807) is 0 Å². The van der Waals surface area contributed by atoms with Gasteiger partial charge in [-0.2, -0.15) is 0 Å². The Kier molecular flexibility index (Phi) is 5.14. The molecule has 0 aromatic heterocycles. The first kappa shape index (κ1) is 16.0. The number of amides is 3. The highest BCUT2D eigenvalue weighted by Gasteiger charge is 2.28. The third-order valence-electron chi connectivity index (χ3n) is 3.57. The number of likely N-dealkylation sites (tertiary alicyclic amines) is 1. The number of hydrogen-bond acceptors (Lipinski definition) is 4. The largest absolute Gasteiger partial charge is 0.483 e. The van der Waals surface area contributed by atoms with Gasteiger partial charge in [0.25, 0.3) is 5.91 Å². The molecule has 1 aliphatic heterocycles. The van der Waals surface area contributed by atoms with E-state index in [1.807, 2.05) is 32.0 Å². The lowest BCUT2D eigenvalue weighted by Crippen LogP contribution is -2.39. The molecule has 0 spiro atoms. The van der Waals surface area contributed by atoms with Crippen LogP contribution in [0.2, 0.25) is 0 Å². The van der Waals surface area contributed by atoms with Crippen molar-refractivity contribution in [2.24, 2.45) is 0 Å². The summed E-state index contributed by atoms with van der Waals surface area (Å²) in [5, 5.41) is 2.65. The molecular formula is C16H20N2O4. The van der Waals surface area contributed by atoms with Crippen molar-refractivity contribution in [3.63, 3.8) is 0 Å². The number of ether oxygens (including phenoxy) is 1. The number of nitrogens with one attached hydrogen (secondary N) is 1. The summed E-state index contributed by atoms with van der Waals surface area (Å²) in [7, 11) is 0. The topological polar surface area (TPSA) is 75.7 Å². The van der Waals surface area contributed by atoms with E-state index in [0.717, 1.165) is 11.1 Å². The molecular weight excluding hydrogens is 284 g/mol. The standard InChI is InChI=1S/C16H20N2O4/c1-11-4-3-5-12(2)16(11)22-10-13(19)17-8-9-18-14(20)6-7-15(18)21/h3-5H,6-10H2,1-2H3,(H,17,19). The fraction of sp³-hybridized carbons (Fsp3) is 0.438. The van der Waals surface area contributed by atoms with E-state index in [4.69, 9.17) is 4.74 Å². The van der Waals surface area contributed by atoms with Gasteiger partial charge >= 0.3 is 0 Å². The Balaban J connectivity index is 1.74. The summed E-state index contributed by atoms with van der Waals surface area (Å²) < 4.78 is 5.53. The summed E-state index contributed by atoms with van der Waals surface area (Å²) in [4.78, 5) is 35.8. The van der Waals surface area contributed by atoms with Gasteiger partial charge < -0.3 is 10.1 Å². The molecule has 1 N–H and O–H groups in total. The van der Waals surface area contributed by atoms with E-state index in [9.17, 15) is 14.4 Å². The summed E-state index contributed by atoms with van der Waals surface area (Å²) in [5.74, 6) is 0.0846. The number of nitrogens with zero attached hydrogens (tertiary/aromatic N) is 1. The van der Waals surface area contributed by atoms with E-state index in [1.165, 1.54) is 4.90 Å². The summed E-state index contributed by atoms with van der Waals surface area (Å²) >= 11 is 0. The first-order valence-electron chi connectivity index (χ1n) is 7.28. The van der Waals surface area contributed by atoms with Crippen molar-refractivity contribution in [2.45, 2.75) is 26.7 Å². The maximum absolute atomic E-state index is 11.8. The molecule has 118 valence electrons. The molecule has 1 aromatic rings. The average Bonchev–Trinajstić information content (AvgIpc) is 2.78. The number of carbonyl (C=O) groups excluding carboxylic acids is 3. The normalized spacial score (nSPS) is 14.4. The lowest BCUT2D eigenvalue weighted by atomic mass is 10.1. The van der Waals surface area contributed by atoms with Crippen LogP contribution in [0.5, 0.6) is 5.75 Å². The van der Waals surface area contributed by atoms with Gasteiger partial charge in [-0.25, -0.2) is 0 Å². The number of hydrogen-bond donors (Lipinski definition) is 1. The second kappa shape index (κ2) is 7.06. The Morgan fingerprint density at radius 1 is 1.18 bits per heavy atom. The highest BCUT2D eigenvalue weighted by molar-refractivity contribution is 6.01. The lowest BCUT2D eigenvalue weighted by molar-refractivity contribution is -0.138. The van der Waals surface area contributed by atoms with E-state index >= 15 is 0 Å². The highest BCUT2D eigenvalue weighted by Crippen LogP contribution is 2.21. The van der Waals surface area contributed by atoms with Gasteiger partial charge in [-0.15, -0.1) is 0 Å². The third-order valence-corrected chi connectivity index (χ3v) is 3.57. The van der Waals surface area contributed by atoms with Crippen LogP contribution in [0.1, 0.15) is 24.0 Å². The van der Waals surface area contributed by atoms with Gasteiger partial charge in [-0.05, 0) is 25.0 Å². The summed E-state index contributed by atoms with van der Waals surface area (Å²) in [6.45, 7) is 4.21. The molecule has 1 heterocycles. The fourth-order valence-electron chi connectivity index (χ4n) is 2.39. The van der Waals surface area contributed by atoms with Crippen LogP contribution in [0.15, 0.2) is 18.2 Å². The van der Waals surface area contributed by atoms with Gasteiger partial charge in [0.05, 0.1) is 0 Å². The first-order chi connectivity index (χ1) is 10.5. The molecule has 0 unspecified atom stereocenters. The molecule has 0 bridgehead atoms. The number of benzene rings is 1. The smallest absolute Gasteiger partial charge is 0.258 e. The summed E-state index contributed by atoms with van der Waals surface area (Å²) in [5.41, 5.74) is 1.95. The minimum absolute atomic E-state index is 0.0897. The number of carbonyl (C=O) groups is 3. The van der Waals surface area contributed by atoms with E-state index in [0.29, 0.717) is 5.75 Å². The zero-order valence-electron chi connectivity index (χ0n) is 12.8. The SMILES string of the molecule is Cc1cccc(C)c1OCC(=O)NCCN1C(=O)CCC1=O. The molecule has 1 fully saturated rings. The molecule has 0 atom stereocenters. The Morgan fingerprint density at radius 3 is 2.36 bits per heavy atom. The fourth-order valence-corrected chi connectivity index (χ4v) is 2.39. The summed E-state index contributed by atoms with van der Waals surface area (Å²) in [6, 6.07) is 5.78. The number of rotatable bonds is 6. The van der Waals surface area contributed by atoms with Crippen molar-refractivity contribution in [1.29, 1.82) is 0 Å². The maximum Gasteiger partial charge on any atom is 0.258 e. The maximum atomic E-state index is 11.8. The van der Waals surface area contributed by atoms with Crippen LogP contribution in [-0.4, -0.2) is 42.3 Å².